The smallest absolute Gasteiger partial charge is 0.290 e. The van der Waals surface area contributed by atoms with E-state index in [0.717, 1.165) is 10.7 Å². The van der Waals surface area contributed by atoms with E-state index in [2.05, 4.69) is 36.4 Å². The van der Waals surface area contributed by atoms with Crippen molar-refractivity contribution >= 4 is 39.7 Å². The number of hydrogen-bond donors (Lipinski definition) is 0. The number of rotatable bonds is 3. The normalized spacial score (nSPS) is 25.8. The maximum Gasteiger partial charge on any atom is 0.474 e. The van der Waals surface area contributed by atoms with Crippen molar-refractivity contribution in [2.45, 2.75) is 0 Å². The fourth-order valence-corrected chi connectivity index (χ4v) is 3.53. The molecule has 0 atom stereocenters. The van der Waals surface area contributed by atoms with Gasteiger partial charge in [-0.1, -0.05) is 31.9 Å². The molecule has 1 fully saturated rings. The van der Waals surface area contributed by atoms with Crippen LogP contribution < -0.4 is 0 Å². The van der Waals surface area contributed by atoms with Crippen LogP contribution in [0.1, 0.15) is 0 Å². The van der Waals surface area contributed by atoms with Crippen molar-refractivity contribution in [2.75, 3.05) is 31.0 Å². The lowest BCUT2D eigenvalue weighted by Gasteiger charge is -2.35. The van der Waals surface area contributed by atoms with Crippen LogP contribution in [0.25, 0.3) is 0 Å². The highest BCUT2D eigenvalue weighted by atomic mass is 79.9. The van der Waals surface area contributed by atoms with E-state index in [1.54, 1.807) is 0 Å². The van der Waals surface area contributed by atoms with Gasteiger partial charge < -0.3 is 0 Å². The minimum atomic E-state index is -3.24. The first-order chi connectivity index (χ1) is 6.10. The zero-order valence-corrected chi connectivity index (χ0v) is 11.2. The Kier molecular flexibility index (Phi) is 4.41. The molecule has 7 heteroatoms. The lowest BCUT2D eigenvalue weighted by molar-refractivity contribution is 0.0140. The van der Waals surface area contributed by atoms with E-state index in [-0.39, 0.29) is 5.41 Å². The number of halogens is 2. The maximum atomic E-state index is 11.4. The van der Waals surface area contributed by atoms with Crippen LogP contribution in [0.4, 0.5) is 0 Å². The first kappa shape index (κ1) is 12.1. The van der Waals surface area contributed by atoms with Crippen LogP contribution in [0.2, 0.25) is 0 Å². The number of phosphoric acid groups is 1. The second-order valence-electron chi connectivity index (χ2n) is 2.94. The molecule has 0 radical (unpaired) electrons. The quantitative estimate of drug-likeness (QED) is 0.586. The molecule has 4 nitrogen and oxygen atoms in total. The van der Waals surface area contributed by atoms with Gasteiger partial charge in [0.1, 0.15) is 0 Å². The van der Waals surface area contributed by atoms with Crippen LogP contribution in [0.15, 0.2) is 0 Å². The van der Waals surface area contributed by atoms with Gasteiger partial charge in [-0.2, -0.15) is 0 Å². The van der Waals surface area contributed by atoms with Crippen molar-refractivity contribution in [1.82, 2.24) is 0 Å². The third-order valence-electron chi connectivity index (χ3n) is 1.85. The molecule has 0 aliphatic carbocycles. The molecule has 0 aromatic heterocycles. The highest BCUT2D eigenvalue weighted by molar-refractivity contribution is 9.09. The van der Waals surface area contributed by atoms with Crippen LogP contribution in [0.3, 0.4) is 0 Å². The van der Waals surface area contributed by atoms with Crippen molar-refractivity contribution in [3.05, 3.63) is 0 Å². The summed E-state index contributed by atoms with van der Waals surface area (Å²) in [7, 11) is -1.93. The van der Waals surface area contributed by atoms with Crippen molar-refractivity contribution in [3.63, 3.8) is 0 Å². The average Bonchev–Trinajstić information content (AvgIpc) is 2.20. The van der Waals surface area contributed by atoms with Crippen LogP contribution in [-0.4, -0.2) is 31.0 Å². The summed E-state index contributed by atoms with van der Waals surface area (Å²) in [5.74, 6) is 0. The zero-order chi connectivity index (χ0) is 9.95. The molecule has 1 aliphatic rings. The first-order valence-electron chi connectivity index (χ1n) is 3.66. The predicted octanol–water partition coefficient (Wildman–Crippen LogP) is 2.56. The summed E-state index contributed by atoms with van der Waals surface area (Å²) in [6.45, 7) is 0.739. The second kappa shape index (κ2) is 4.73. The molecule has 0 amide bonds. The van der Waals surface area contributed by atoms with Gasteiger partial charge in [0.2, 0.25) is 0 Å². The van der Waals surface area contributed by atoms with E-state index in [1.807, 2.05) is 0 Å². The van der Waals surface area contributed by atoms with Crippen LogP contribution in [0, 0.1) is 5.41 Å². The molecule has 1 rings (SSSR count). The summed E-state index contributed by atoms with van der Waals surface area (Å²) >= 11 is 6.73. The molecule has 1 saturated heterocycles. The molecule has 1 aliphatic heterocycles. The summed E-state index contributed by atoms with van der Waals surface area (Å²) in [6.07, 6.45) is 0. The Morgan fingerprint density at radius 3 is 2.15 bits per heavy atom. The van der Waals surface area contributed by atoms with Gasteiger partial charge in [-0.25, -0.2) is 4.57 Å². The molecule has 0 bridgehead atoms. The molecule has 0 spiro atoms. The highest BCUT2D eigenvalue weighted by Gasteiger charge is 2.41. The minimum absolute atomic E-state index is 0.146. The molecule has 0 aromatic carbocycles. The third-order valence-corrected chi connectivity index (χ3v) is 5.57. The molecule has 78 valence electrons. The summed E-state index contributed by atoms with van der Waals surface area (Å²) in [5, 5.41) is 1.46. The standard InChI is InChI=1S/C6H11Br2O4P/c1-10-13(9)11-4-6(2-7,3-8)5-12-13/h2-5H2,1H3. The number of phosphoric ester groups is 1. The fourth-order valence-electron chi connectivity index (χ4n) is 0.806. The van der Waals surface area contributed by atoms with Crippen molar-refractivity contribution in [3.8, 4) is 0 Å². The van der Waals surface area contributed by atoms with E-state index < -0.39 is 7.82 Å². The van der Waals surface area contributed by atoms with Gasteiger partial charge in [0.15, 0.2) is 0 Å². The summed E-state index contributed by atoms with van der Waals surface area (Å²) in [6, 6.07) is 0. The van der Waals surface area contributed by atoms with Gasteiger partial charge in [0.05, 0.1) is 13.2 Å². The van der Waals surface area contributed by atoms with Crippen molar-refractivity contribution in [2.24, 2.45) is 5.41 Å². The Bertz CT molecular complexity index is 205. The zero-order valence-electron chi connectivity index (χ0n) is 7.16. The predicted molar refractivity (Wildman–Crippen MR) is 56.5 cm³/mol. The Morgan fingerprint density at radius 1 is 1.38 bits per heavy atom. The molecule has 0 aromatic rings. The Hall–Kier alpha value is 1.07. The topological polar surface area (TPSA) is 44.8 Å². The lowest BCUT2D eigenvalue weighted by Crippen LogP contribution is -2.38. The van der Waals surface area contributed by atoms with Gasteiger partial charge in [0, 0.05) is 23.2 Å². The SMILES string of the molecule is COP1(=O)OCC(CBr)(CBr)CO1. The number of hydrogen-bond acceptors (Lipinski definition) is 4. The molecule has 0 unspecified atom stereocenters. The van der Waals surface area contributed by atoms with E-state index in [9.17, 15) is 4.57 Å². The van der Waals surface area contributed by atoms with Gasteiger partial charge >= 0.3 is 7.82 Å². The lowest BCUT2D eigenvalue weighted by atomic mass is 9.96. The van der Waals surface area contributed by atoms with Crippen molar-refractivity contribution < 1.29 is 18.1 Å². The monoisotopic (exact) mass is 336 g/mol. The van der Waals surface area contributed by atoms with E-state index in [0.29, 0.717) is 13.2 Å². The van der Waals surface area contributed by atoms with E-state index in [4.69, 9.17) is 9.05 Å². The Balaban J connectivity index is 2.60. The third kappa shape index (κ3) is 2.76. The first-order valence-corrected chi connectivity index (χ1v) is 7.37. The molecule has 13 heavy (non-hydrogen) atoms. The van der Waals surface area contributed by atoms with Crippen LogP contribution in [-0.2, 0) is 18.1 Å². The molecular weight excluding hydrogens is 327 g/mol. The fraction of sp³-hybridized carbons (Fsp3) is 1.00. The molecule has 1 heterocycles. The number of alkyl halides is 2. The Morgan fingerprint density at radius 2 is 1.85 bits per heavy atom. The van der Waals surface area contributed by atoms with Gasteiger partial charge in [-0.05, 0) is 0 Å². The van der Waals surface area contributed by atoms with E-state index in [1.165, 1.54) is 7.11 Å². The summed E-state index contributed by atoms with van der Waals surface area (Å²) in [5.41, 5.74) is -0.146. The molecule has 0 N–H and O–H groups in total. The summed E-state index contributed by atoms with van der Waals surface area (Å²) < 4.78 is 26.2. The second-order valence-corrected chi connectivity index (χ2v) is 5.84. The maximum absolute atomic E-state index is 11.4. The van der Waals surface area contributed by atoms with Crippen LogP contribution in [0.5, 0.6) is 0 Å². The van der Waals surface area contributed by atoms with Crippen molar-refractivity contribution in [1.29, 1.82) is 0 Å². The van der Waals surface area contributed by atoms with Crippen LogP contribution >= 0.6 is 39.7 Å². The molecular formula is C6H11Br2O4P. The average molecular weight is 338 g/mol. The molecule has 0 saturated carbocycles. The largest absolute Gasteiger partial charge is 0.474 e. The van der Waals surface area contributed by atoms with Gasteiger partial charge in [0.25, 0.3) is 0 Å². The van der Waals surface area contributed by atoms with Gasteiger partial charge in [-0.15, -0.1) is 0 Å². The Labute approximate surface area is 94.2 Å². The minimum Gasteiger partial charge on any atom is -0.290 e. The van der Waals surface area contributed by atoms with Gasteiger partial charge in [-0.3, -0.25) is 13.6 Å². The highest BCUT2D eigenvalue weighted by Crippen LogP contribution is 2.54. The van der Waals surface area contributed by atoms with E-state index >= 15 is 0 Å². The summed E-state index contributed by atoms with van der Waals surface area (Å²) in [4.78, 5) is 0.